The molecule has 1 spiro atoms. The SMILES string of the molecule is Cc1ccc(C(=O)N2CC3(C[C@@H](Oc4cccnc4)CCO3)C2)cn1. The lowest BCUT2D eigenvalue weighted by molar-refractivity contribution is -0.173. The predicted octanol–water partition coefficient (Wildman–Crippen LogP) is 2.24. The predicted molar refractivity (Wildman–Crippen MR) is 91.4 cm³/mol. The number of aryl methyl sites for hydroxylation is 1. The van der Waals surface area contributed by atoms with E-state index in [9.17, 15) is 4.79 Å². The van der Waals surface area contributed by atoms with Crippen molar-refractivity contribution in [3.63, 3.8) is 0 Å². The molecule has 6 nitrogen and oxygen atoms in total. The number of likely N-dealkylation sites (tertiary alicyclic amines) is 1. The largest absolute Gasteiger partial charge is 0.489 e. The van der Waals surface area contributed by atoms with Gasteiger partial charge in [-0.15, -0.1) is 0 Å². The average Bonchev–Trinajstić information content (AvgIpc) is 2.61. The maximum atomic E-state index is 12.5. The number of hydrogen-bond acceptors (Lipinski definition) is 5. The van der Waals surface area contributed by atoms with Gasteiger partial charge in [-0.1, -0.05) is 0 Å². The molecule has 2 aliphatic heterocycles. The number of hydrogen-bond donors (Lipinski definition) is 0. The second-order valence-electron chi connectivity index (χ2n) is 6.80. The number of carbonyl (C=O) groups excluding carboxylic acids is 1. The van der Waals surface area contributed by atoms with Gasteiger partial charge >= 0.3 is 0 Å². The third-order valence-corrected chi connectivity index (χ3v) is 4.79. The smallest absolute Gasteiger partial charge is 0.255 e. The second-order valence-corrected chi connectivity index (χ2v) is 6.80. The minimum absolute atomic E-state index is 0.0111. The molecule has 0 saturated carbocycles. The number of aromatic nitrogens is 2. The van der Waals surface area contributed by atoms with Crippen LogP contribution in [0.1, 0.15) is 28.9 Å². The topological polar surface area (TPSA) is 64.6 Å². The van der Waals surface area contributed by atoms with Crippen LogP contribution in [-0.2, 0) is 4.74 Å². The molecule has 0 aliphatic carbocycles. The number of pyridine rings is 2. The van der Waals surface area contributed by atoms with E-state index >= 15 is 0 Å². The van der Waals surface area contributed by atoms with E-state index in [0.29, 0.717) is 25.3 Å². The highest BCUT2D eigenvalue weighted by atomic mass is 16.5. The molecule has 0 unspecified atom stereocenters. The summed E-state index contributed by atoms with van der Waals surface area (Å²) in [5, 5.41) is 0. The van der Waals surface area contributed by atoms with Crippen LogP contribution in [0.15, 0.2) is 42.9 Å². The molecule has 2 fully saturated rings. The molecule has 0 aromatic carbocycles. The van der Waals surface area contributed by atoms with Crippen LogP contribution in [-0.4, -0.2) is 52.2 Å². The molecule has 4 rings (SSSR count). The molecule has 25 heavy (non-hydrogen) atoms. The van der Waals surface area contributed by atoms with Crippen LogP contribution in [0.4, 0.5) is 0 Å². The fraction of sp³-hybridized carbons (Fsp3) is 0.421. The molecular weight excluding hydrogens is 318 g/mol. The molecule has 6 heteroatoms. The van der Waals surface area contributed by atoms with E-state index in [1.165, 1.54) is 0 Å². The molecule has 130 valence electrons. The van der Waals surface area contributed by atoms with Crippen molar-refractivity contribution in [1.82, 2.24) is 14.9 Å². The fourth-order valence-electron chi connectivity index (χ4n) is 3.48. The van der Waals surface area contributed by atoms with E-state index in [1.807, 2.05) is 36.1 Å². The van der Waals surface area contributed by atoms with Crippen LogP contribution in [0.3, 0.4) is 0 Å². The van der Waals surface area contributed by atoms with Gasteiger partial charge in [0, 0.05) is 30.9 Å². The Morgan fingerprint density at radius 1 is 1.32 bits per heavy atom. The van der Waals surface area contributed by atoms with Crippen molar-refractivity contribution in [2.45, 2.75) is 31.5 Å². The second kappa shape index (κ2) is 6.44. The third-order valence-electron chi connectivity index (χ3n) is 4.79. The number of amides is 1. The Labute approximate surface area is 146 Å². The molecule has 2 aromatic rings. The van der Waals surface area contributed by atoms with Crippen molar-refractivity contribution < 1.29 is 14.3 Å². The van der Waals surface area contributed by atoms with Crippen LogP contribution in [0.5, 0.6) is 5.75 Å². The lowest BCUT2D eigenvalue weighted by Crippen LogP contribution is -2.67. The van der Waals surface area contributed by atoms with E-state index in [2.05, 4.69) is 9.97 Å². The summed E-state index contributed by atoms with van der Waals surface area (Å²) in [4.78, 5) is 22.6. The van der Waals surface area contributed by atoms with Gasteiger partial charge in [0.2, 0.25) is 0 Å². The molecule has 2 aromatic heterocycles. The van der Waals surface area contributed by atoms with Crippen LogP contribution in [0.25, 0.3) is 0 Å². The fourth-order valence-corrected chi connectivity index (χ4v) is 3.48. The molecule has 1 amide bonds. The molecule has 1 atom stereocenters. The Kier molecular flexibility index (Phi) is 4.13. The number of ether oxygens (including phenoxy) is 2. The Balaban J connectivity index is 1.36. The van der Waals surface area contributed by atoms with E-state index in [1.54, 1.807) is 18.6 Å². The van der Waals surface area contributed by atoms with E-state index in [4.69, 9.17) is 9.47 Å². The first-order valence-electron chi connectivity index (χ1n) is 8.56. The average molecular weight is 339 g/mol. The summed E-state index contributed by atoms with van der Waals surface area (Å²) in [6, 6.07) is 7.46. The van der Waals surface area contributed by atoms with Crippen molar-refractivity contribution in [3.05, 3.63) is 54.1 Å². The van der Waals surface area contributed by atoms with Crippen molar-refractivity contribution in [3.8, 4) is 5.75 Å². The van der Waals surface area contributed by atoms with Crippen molar-refractivity contribution >= 4 is 5.91 Å². The van der Waals surface area contributed by atoms with E-state index < -0.39 is 0 Å². The van der Waals surface area contributed by atoms with Crippen LogP contribution in [0.2, 0.25) is 0 Å². The lowest BCUT2D eigenvalue weighted by Gasteiger charge is -2.52. The van der Waals surface area contributed by atoms with Gasteiger partial charge in [0.1, 0.15) is 17.5 Å². The number of nitrogens with zero attached hydrogens (tertiary/aromatic N) is 3. The van der Waals surface area contributed by atoms with E-state index in [0.717, 1.165) is 24.3 Å². The van der Waals surface area contributed by atoms with Crippen LogP contribution < -0.4 is 4.74 Å². The van der Waals surface area contributed by atoms with Gasteiger partial charge < -0.3 is 14.4 Å². The first-order valence-corrected chi connectivity index (χ1v) is 8.56. The summed E-state index contributed by atoms with van der Waals surface area (Å²) in [5.74, 6) is 0.791. The zero-order valence-electron chi connectivity index (χ0n) is 14.2. The third kappa shape index (κ3) is 3.35. The van der Waals surface area contributed by atoms with Crippen molar-refractivity contribution in [2.75, 3.05) is 19.7 Å². The summed E-state index contributed by atoms with van der Waals surface area (Å²) in [7, 11) is 0. The molecule has 0 N–H and O–H groups in total. The maximum Gasteiger partial charge on any atom is 0.255 e. The number of rotatable bonds is 3. The van der Waals surface area contributed by atoms with Gasteiger partial charge in [0.25, 0.3) is 5.91 Å². The summed E-state index contributed by atoms with van der Waals surface area (Å²) in [6.45, 7) is 3.77. The zero-order valence-corrected chi connectivity index (χ0v) is 14.2. The zero-order chi connectivity index (χ0) is 17.3. The van der Waals surface area contributed by atoms with Gasteiger partial charge in [-0.2, -0.15) is 0 Å². The minimum Gasteiger partial charge on any atom is -0.489 e. The molecule has 4 heterocycles. The van der Waals surface area contributed by atoms with Crippen LogP contribution >= 0.6 is 0 Å². The van der Waals surface area contributed by atoms with Crippen molar-refractivity contribution in [2.24, 2.45) is 0 Å². The van der Waals surface area contributed by atoms with Crippen LogP contribution in [0, 0.1) is 6.92 Å². The molecule has 2 saturated heterocycles. The standard InChI is InChI=1S/C19H21N3O3/c1-14-4-5-15(10-21-14)18(23)22-12-19(13-22)9-16(6-8-24-19)25-17-3-2-7-20-11-17/h2-5,7,10-11,16H,6,8-9,12-13H2,1H3/t16-/m0/s1. The van der Waals surface area contributed by atoms with Gasteiger partial charge in [-0.25, -0.2) is 0 Å². The Morgan fingerprint density at radius 2 is 2.20 bits per heavy atom. The lowest BCUT2D eigenvalue weighted by atomic mass is 9.84. The Hall–Kier alpha value is -2.47. The highest BCUT2D eigenvalue weighted by Crippen LogP contribution is 2.36. The quantitative estimate of drug-likeness (QED) is 0.858. The molecule has 2 aliphatic rings. The minimum atomic E-state index is -0.279. The number of carbonyl (C=O) groups is 1. The molecule has 0 bridgehead atoms. The van der Waals surface area contributed by atoms with Gasteiger partial charge in [0.15, 0.2) is 0 Å². The highest BCUT2D eigenvalue weighted by Gasteiger charge is 2.50. The summed E-state index contributed by atoms with van der Waals surface area (Å²) < 4.78 is 12.0. The summed E-state index contributed by atoms with van der Waals surface area (Å²) in [6.07, 6.45) is 6.83. The Morgan fingerprint density at radius 3 is 2.92 bits per heavy atom. The summed E-state index contributed by atoms with van der Waals surface area (Å²) in [5.41, 5.74) is 1.25. The monoisotopic (exact) mass is 339 g/mol. The van der Waals surface area contributed by atoms with Gasteiger partial charge in [-0.3, -0.25) is 14.8 Å². The van der Waals surface area contributed by atoms with Crippen molar-refractivity contribution in [1.29, 1.82) is 0 Å². The van der Waals surface area contributed by atoms with Gasteiger partial charge in [0.05, 0.1) is 31.5 Å². The normalized spacial score (nSPS) is 21.6. The maximum absolute atomic E-state index is 12.5. The molecular formula is C19H21N3O3. The first-order chi connectivity index (χ1) is 12.1. The summed E-state index contributed by atoms with van der Waals surface area (Å²) >= 11 is 0. The first kappa shape index (κ1) is 16.0. The van der Waals surface area contributed by atoms with Gasteiger partial charge in [-0.05, 0) is 31.2 Å². The molecule has 0 radical (unpaired) electrons. The Bertz CT molecular complexity index is 742. The highest BCUT2D eigenvalue weighted by molar-refractivity contribution is 5.94. The van der Waals surface area contributed by atoms with E-state index in [-0.39, 0.29) is 17.6 Å².